The van der Waals surface area contributed by atoms with Crippen LogP contribution in [0, 0.1) is 0 Å². The first-order valence-electron chi connectivity index (χ1n) is 8.57. The van der Waals surface area contributed by atoms with Gasteiger partial charge in [-0.1, -0.05) is 24.3 Å². The molecule has 140 valence electrons. The maximum atomic E-state index is 12.7. The van der Waals surface area contributed by atoms with Gasteiger partial charge < -0.3 is 19.6 Å². The first-order valence-corrected chi connectivity index (χ1v) is 8.57. The van der Waals surface area contributed by atoms with Crippen LogP contribution >= 0.6 is 0 Å². The molecule has 1 saturated heterocycles. The zero-order valence-electron chi connectivity index (χ0n) is 14.9. The number of amides is 2. The van der Waals surface area contributed by atoms with Crippen LogP contribution in [0.5, 0.6) is 5.75 Å². The number of carboxylic acids is 1. The van der Waals surface area contributed by atoms with Crippen LogP contribution in [0.3, 0.4) is 0 Å². The van der Waals surface area contributed by atoms with Gasteiger partial charge in [-0.2, -0.15) is 0 Å². The Morgan fingerprint density at radius 2 is 1.22 bits per heavy atom. The van der Waals surface area contributed by atoms with E-state index in [9.17, 15) is 19.5 Å². The Balaban J connectivity index is 1.70. The number of para-hydroxylation sites is 1. The molecule has 0 aliphatic carbocycles. The number of hydrogen-bond acceptors (Lipinski definition) is 4. The number of nitrogens with zero attached hydrogens (tertiary/aromatic N) is 2. The summed E-state index contributed by atoms with van der Waals surface area (Å²) >= 11 is 0. The summed E-state index contributed by atoms with van der Waals surface area (Å²) < 4.78 is 5.24. The number of carbonyl (C=O) groups is 3. The van der Waals surface area contributed by atoms with Gasteiger partial charge in [-0.3, -0.25) is 9.59 Å². The van der Waals surface area contributed by atoms with Crippen LogP contribution in [0.25, 0.3) is 0 Å². The van der Waals surface area contributed by atoms with E-state index in [0.717, 1.165) is 0 Å². The number of piperazine rings is 1. The van der Waals surface area contributed by atoms with Crippen molar-refractivity contribution in [3.8, 4) is 5.75 Å². The van der Waals surface area contributed by atoms with Crippen LogP contribution < -0.4 is 4.74 Å². The lowest BCUT2D eigenvalue weighted by Gasteiger charge is -2.35. The molecule has 2 amide bonds. The van der Waals surface area contributed by atoms with Crippen molar-refractivity contribution in [3.63, 3.8) is 0 Å². The second-order valence-corrected chi connectivity index (χ2v) is 6.14. The second-order valence-electron chi connectivity index (χ2n) is 6.14. The minimum atomic E-state index is -1.14. The second kappa shape index (κ2) is 7.90. The topological polar surface area (TPSA) is 87.2 Å². The van der Waals surface area contributed by atoms with Gasteiger partial charge >= 0.3 is 5.97 Å². The summed E-state index contributed by atoms with van der Waals surface area (Å²) in [7, 11) is 1.52. The minimum absolute atomic E-state index is 0.0185. The molecule has 0 radical (unpaired) electrons. The van der Waals surface area contributed by atoms with E-state index in [0.29, 0.717) is 37.5 Å². The van der Waals surface area contributed by atoms with E-state index in [-0.39, 0.29) is 22.9 Å². The van der Waals surface area contributed by atoms with Crippen molar-refractivity contribution < 1.29 is 24.2 Å². The smallest absolute Gasteiger partial charge is 0.336 e. The molecule has 1 fully saturated rings. The summed E-state index contributed by atoms with van der Waals surface area (Å²) in [4.78, 5) is 40.0. The SMILES string of the molecule is COc1ccccc1C(=O)N1CCN(C(=O)c2ccccc2C(=O)O)CC1. The predicted molar refractivity (Wildman–Crippen MR) is 98.2 cm³/mol. The van der Waals surface area contributed by atoms with Gasteiger partial charge in [0.25, 0.3) is 11.8 Å². The number of benzene rings is 2. The molecule has 0 spiro atoms. The number of ether oxygens (including phenoxy) is 1. The maximum Gasteiger partial charge on any atom is 0.336 e. The van der Waals surface area contributed by atoms with E-state index >= 15 is 0 Å². The van der Waals surface area contributed by atoms with E-state index in [1.165, 1.54) is 19.2 Å². The lowest BCUT2D eigenvalue weighted by Crippen LogP contribution is -2.50. The van der Waals surface area contributed by atoms with Crippen LogP contribution in [0.4, 0.5) is 0 Å². The number of carboxylic acid groups (broad SMARTS) is 1. The third kappa shape index (κ3) is 3.76. The molecule has 1 heterocycles. The van der Waals surface area contributed by atoms with E-state index in [1.54, 1.807) is 46.2 Å². The van der Waals surface area contributed by atoms with Gasteiger partial charge in [0.15, 0.2) is 0 Å². The summed E-state index contributed by atoms with van der Waals surface area (Å²) in [5.74, 6) is -1.11. The Labute approximate surface area is 156 Å². The molecule has 3 rings (SSSR count). The third-order valence-corrected chi connectivity index (χ3v) is 4.58. The first kappa shape index (κ1) is 18.4. The van der Waals surface area contributed by atoms with Crippen molar-refractivity contribution in [2.24, 2.45) is 0 Å². The summed E-state index contributed by atoms with van der Waals surface area (Å²) in [5, 5.41) is 9.27. The molecule has 1 aliphatic heterocycles. The van der Waals surface area contributed by atoms with E-state index in [4.69, 9.17) is 4.74 Å². The molecule has 1 aliphatic rings. The Kier molecular flexibility index (Phi) is 5.40. The highest BCUT2D eigenvalue weighted by Gasteiger charge is 2.28. The summed E-state index contributed by atoms with van der Waals surface area (Å²) in [6.07, 6.45) is 0. The minimum Gasteiger partial charge on any atom is -0.496 e. The summed E-state index contributed by atoms with van der Waals surface area (Å²) in [5.41, 5.74) is 0.625. The first-order chi connectivity index (χ1) is 13.0. The van der Waals surface area contributed by atoms with Gasteiger partial charge in [0.1, 0.15) is 5.75 Å². The van der Waals surface area contributed by atoms with Crippen molar-refractivity contribution in [3.05, 3.63) is 65.2 Å². The van der Waals surface area contributed by atoms with Crippen molar-refractivity contribution in [1.82, 2.24) is 9.80 Å². The standard InChI is InChI=1S/C20H20N2O5/c1-27-17-9-5-4-8-16(17)19(24)22-12-10-21(11-13-22)18(23)14-6-2-3-7-15(14)20(25)26/h2-9H,10-13H2,1H3,(H,25,26). The van der Waals surface area contributed by atoms with Gasteiger partial charge in [-0.05, 0) is 24.3 Å². The molecule has 2 aromatic rings. The monoisotopic (exact) mass is 368 g/mol. The largest absolute Gasteiger partial charge is 0.496 e. The van der Waals surface area contributed by atoms with Gasteiger partial charge in [0.05, 0.1) is 23.8 Å². The van der Waals surface area contributed by atoms with E-state index in [1.807, 2.05) is 0 Å². The number of hydrogen-bond donors (Lipinski definition) is 1. The van der Waals surface area contributed by atoms with Gasteiger partial charge in [-0.25, -0.2) is 4.79 Å². The fraction of sp³-hybridized carbons (Fsp3) is 0.250. The highest BCUT2D eigenvalue weighted by Crippen LogP contribution is 2.21. The molecule has 0 saturated carbocycles. The summed E-state index contributed by atoms with van der Waals surface area (Å²) in [6.45, 7) is 1.43. The molecule has 0 atom stereocenters. The molecule has 0 aromatic heterocycles. The van der Waals surface area contributed by atoms with Crippen molar-refractivity contribution in [2.75, 3.05) is 33.3 Å². The average molecular weight is 368 g/mol. The molecule has 2 aromatic carbocycles. The van der Waals surface area contributed by atoms with Crippen LogP contribution in [-0.4, -0.2) is 66.0 Å². The molecule has 27 heavy (non-hydrogen) atoms. The van der Waals surface area contributed by atoms with Crippen LogP contribution in [0.15, 0.2) is 48.5 Å². The summed E-state index contributed by atoms with van der Waals surface area (Å²) in [6, 6.07) is 13.2. The van der Waals surface area contributed by atoms with Gasteiger partial charge in [0.2, 0.25) is 0 Å². The average Bonchev–Trinajstić information content (AvgIpc) is 2.72. The normalized spacial score (nSPS) is 14.0. The van der Waals surface area contributed by atoms with Crippen LogP contribution in [0.1, 0.15) is 31.1 Å². The third-order valence-electron chi connectivity index (χ3n) is 4.58. The van der Waals surface area contributed by atoms with Crippen molar-refractivity contribution in [2.45, 2.75) is 0 Å². The number of rotatable bonds is 4. The van der Waals surface area contributed by atoms with Crippen LogP contribution in [0.2, 0.25) is 0 Å². The number of aromatic carboxylic acids is 1. The molecule has 7 heteroatoms. The fourth-order valence-electron chi connectivity index (χ4n) is 3.13. The van der Waals surface area contributed by atoms with E-state index < -0.39 is 5.97 Å². The Morgan fingerprint density at radius 3 is 1.74 bits per heavy atom. The van der Waals surface area contributed by atoms with Crippen molar-refractivity contribution in [1.29, 1.82) is 0 Å². The zero-order valence-corrected chi connectivity index (χ0v) is 14.9. The van der Waals surface area contributed by atoms with Crippen LogP contribution in [-0.2, 0) is 0 Å². The lowest BCUT2D eigenvalue weighted by molar-refractivity contribution is 0.0530. The highest BCUT2D eigenvalue weighted by atomic mass is 16.5. The quantitative estimate of drug-likeness (QED) is 0.892. The molecule has 1 N–H and O–H groups in total. The lowest BCUT2D eigenvalue weighted by atomic mass is 10.1. The Morgan fingerprint density at radius 1 is 0.778 bits per heavy atom. The maximum absolute atomic E-state index is 12.7. The molecule has 0 bridgehead atoms. The van der Waals surface area contributed by atoms with Gasteiger partial charge in [0, 0.05) is 26.2 Å². The molecular weight excluding hydrogens is 348 g/mol. The highest BCUT2D eigenvalue weighted by molar-refractivity contribution is 6.05. The number of carbonyl (C=O) groups excluding carboxylic acids is 2. The fourth-order valence-corrected chi connectivity index (χ4v) is 3.13. The molecular formula is C20H20N2O5. The molecule has 0 unspecified atom stereocenters. The van der Waals surface area contributed by atoms with E-state index in [2.05, 4.69) is 0 Å². The zero-order chi connectivity index (χ0) is 19.4. The van der Waals surface area contributed by atoms with Gasteiger partial charge in [-0.15, -0.1) is 0 Å². The van der Waals surface area contributed by atoms with Crippen molar-refractivity contribution >= 4 is 17.8 Å². The number of methoxy groups -OCH3 is 1. The Hall–Kier alpha value is -3.35. The predicted octanol–water partition coefficient (Wildman–Crippen LogP) is 1.99. The molecule has 7 nitrogen and oxygen atoms in total. The Bertz CT molecular complexity index is 872.